The number of aromatic nitrogens is 1. The summed E-state index contributed by atoms with van der Waals surface area (Å²) in [5.74, 6) is 1.82. The number of hydrogen-bond donors (Lipinski definition) is 1. The lowest BCUT2D eigenvalue weighted by Gasteiger charge is -2.32. The zero-order chi connectivity index (χ0) is 19.2. The summed E-state index contributed by atoms with van der Waals surface area (Å²) in [7, 11) is 1.62. The van der Waals surface area contributed by atoms with Crippen molar-refractivity contribution in [2.24, 2.45) is 0 Å². The van der Waals surface area contributed by atoms with Crippen molar-refractivity contribution < 1.29 is 13.9 Å². The highest BCUT2D eigenvalue weighted by molar-refractivity contribution is 5.78. The van der Waals surface area contributed by atoms with Crippen LogP contribution in [0.3, 0.4) is 0 Å². The van der Waals surface area contributed by atoms with Gasteiger partial charge in [-0.25, -0.2) is 4.98 Å². The number of carbonyl (C=O) groups is 1. The lowest BCUT2D eigenvalue weighted by molar-refractivity contribution is -0.120. The number of para-hydroxylation sites is 1. The number of methoxy groups -OCH3 is 1. The summed E-state index contributed by atoms with van der Waals surface area (Å²) in [6.45, 7) is 6.93. The van der Waals surface area contributed by atoms with Crippen molar-refractivity contribution in [3.8, 4) is 17.2 Å². The van der Waals surface area contributed by atoms with Crippen molar-refractivity contribution in [2.75, 3.05) is 26.7 Å². The van der Waals surface area contributed by atoms with Crippen LogP contribution in [0.5, 0.6) is 5.75 Å². The number of amides is 1. The maximum absolute atomic E-state index is 12.4. The van der Waals surface area contributed by atoms with Crippen molar-refractivity contribution in [1.29, 1.82) is 0 Å². The molecule has 0 aliphatic carbocycles. The quantitative estimate of drug-likeness (QED) is 0.810. The molecule has 2 heterocycles. The van der Waals surface area contributed by atoms with Gasteiger partial charge in [0.25, 0.3) is 0 Å². The highest BCUT2D eigenvalue weighted by Gasteiger charge is 2.19. The largest absolute Gasteiger partial charge is 0.496 e. The number of benzene rings is 1. The fraction of sp³-hybridized carbons (Fsp3) is 0.524. The third-order valence-electron chi connectivity index (χ3n) is 5.17. The topological polar surface area (TPSA) is 67.6 Å². The molecule has 1 fully saturated rings. The van der Waals surface area contributed by atoms with Crippen molar-refractivity contribution in [3.05, 3.63) is 35.7 Å². The van der Waals surface area contributed by atoms with Gasteiger partial charge in [-0.15, -0.1) is 0 Å². The first kappa shape index (κ1) is 19.4. The van der Waals surface area contributed by atoms with Crippen LogP contribution in [0.4, 0.5) is 0 Å². The van der Waals surface area contributed by atoms with Crippen LogP contribution in [0.2, 0.25) is 0 Å². The zero-order valence-electron chi connectivity index (χ0n) is 16.5. The number of likely N-dealkylation sites (tertiary alicyclic amines) is 1. The Morgan fingerprint density at radius 2 is 2.04 bits per heavy atom. The maximum atomic E-state index is 12.4. The smallest absolute Gasteiger partial charge is 0.230 e. The average molecular weight is 371 g/mol. The van der Waals surface area contributed by atoms with Crippen LogP contribution in [-0.2, 0) is 11.2 Å². The Morgan fingerprint density at radius 3 is 2.78 bits per heavy atom. The number of nitrogens with one attached hydrogen (secondary N) is 1. The molecule has 1 amide bonds. The summed E-state index contributed by atoms with van der Waals surface area (Å²) < 4.78 is 11.2. The summed E-state index contributed by atoms with van der Waals surface area (Å²) in [4.78, 5) is 19.4. The monoisotopic (exact) mass is 371 g/mol. The van der Waals surface area contributed by atoms with E-state index in [2.05, 4.69) is 22.1 Å². The third kappa shape index (κ3) is 4.89. The second-order valence-corrected chi connectivity index (χ2v) is 7.15. The molecule has 1 unspecified atom stereocenters. The molecule has 2 aromatic rings. The molecule has 146 valence electrons. The van der Waals surface area contributed by atoms with E-state index in [9.17, 15) is 4.79 Å². The molecule has 1 atom stereocenters. The minimum Gasteiger partial charge on any atom is -0.496 e. The predicted octanol–water partition coefficient (Wildman–Crippen LogP) is 3.19. The molecule has 0 bridgehead atoms. The Labute approximate surface area is 160 Å². The number of aryl methyl sites for hydroxylation is 1. The molecule has 1 aliphatic rings. The summed E-state index contributed by atoms with van der Waals surface area (Å²) in [5.41, 5.74) is 1.45. The first-order chi connectivity index (χ1) is 13.1. The summed E-state index contributed by atoms with van der Waals surface area (Å²) in [6.07, 6.45) is 4.04. The number of hydrogen-bond acceptors (Lipinski definition) is 5. The van der Waals surface area contributed by atoms with Crippen molar-refractivity contribution in [1.82, 2.24) is 15.2 Å². The van der Waals surface area contributed by atoms with E-state index in [0.717, 1.165) is 18.7 Å². The molecular weight excluding hydrogens is 342 g/mol. The normalized spacial score (nSPS) is 16.1. The number of piperidine rings is 1. The molecule has 1 aromatic carbocycles. The molecule has 1 aliphatic heterocycles. The molecular formula is C21H29N3O3. The van der Waals surface area contributed by atoms with E-state index < -0.39 is 0 Å². The third-order valence-corrected chi connectivity index (χ3v) is 5.17. The van der Waals surface area contributed by atoms with Gasteiger partial charge in [0.2, 0.25) is 11.8 Å². The summed E-state index contributed by atoms with van der Waals surface area (Å²) >= 11 is 0. The van der Waals surface area contributed by atoms with Gasteiger partial charge in [0, 0.05) is 12.6 Å². The molecule has 0 spiro atoms. The van der Waals surface area contributed by atoms with Crippen LogP contribution in [0, 0.1) is 6.92 Å². The zero-order valence-corrected chi connectivity index (χ0v) is 16.5. The van der Waals surface area contributed by atoms with Gasteiger partial charge >= 0.3 is 0 Å². The Balaban J connectivity index is 1.59. The highest BCUT2D eigenvalue weighted by atomic mass is 16.5. The van der Waals surface area contributed by atoms with Crippen LogP contribution < -0.4 is 10.1 Å². The molecule has 6 heteroatoms. The van der Waals surface area contributed by atoms with E-state index in [1.807, 2.05) is 31.2 Å². The molecule has 27 heavy (non-hydrogen) atoms. The van der Waals surface area contributed by atoms with Crippen LogP contribution in [0.15, 0.2) is 28.7 Å². The number of nitrogens with zero attached hydrogens (tertiary/aromatic N) is 2. The average Bonchev–Trinajstić information content (AvgIpc) is 3.06. The van der Waals surface area contributed by atoms with E-state index >= 15 is 0 Å². The van der Waals surface area contributed by atoms with Crippen LogP contribution in [0.25, 0.3) is 11.5 Å². The second kappa shape index (κ2) is 9.04. The number of oxazole rings is 1. The van der Waals surface area contributed by atoms with Gasteiger partial charge in [-0.05, 0) is 51.9 Å². The Bertz CT molecular complexity index is 766. The highest BCUT2D eigenvalue weighted by Crippen LogP contribution is 2.30. The predicted molar refractivity (Wildman–Crippen MR) is 105 cm³/mol. The minimum atomic E-state index is -0.0261. The molecule has 3 rings (SSSR count). The van der Waals surface area contributed by atoms with E-state index in [1.54, 1.807) is 7.11 Å². The lowest BCUT2D eigenvalue weighted by atomic mass is 10.1. The van der Waals surface area contributed by atoms with Crippen LogP contribution in [0.1, 0.15) is 37.6 Å². The van der Waals surface area contributed by atoms with Crippen molar-refractivity contribution in [3.63, 3.8) is 0 Å². The fourth-order valence-electron chi connectivity index (χ4n) is 3.49. The second-order valence-electron chi connectivity index (χ2n) is 7.15. The van der Waals surface area contributed by atoms with Crippen molar-refractivity contribution in [2.45, 2.75) is 45.6 Å². The Kier molecular flexibility index (Phi) is 6.50. The van der Waals surface area contributed by atoms with Gasteiger partial charge < -0.3 is 14.5 Å². The van der Waals surface area contributed by atoms with Gasteiger partial charge in [-0.3, -0.25) is 9.69 Å². The summed E-state index contributed by atoms with van der Waals surface area (Å²) in [6, 6.07) is 7.93. The van der Waals surface area contributed by atoms with Gasteiger partial charge in [0.15, 0.2) is 0 Å². The molecule has 6 nitrogen and oxygen atoms in total. The summed E-state index contributed by atoms with van der Waals surface area (Å²) in [5, 5.41) is 3.04. The maximum Gasteiger partial charge on any atom is 0.230 e. The molecule has 1 aromatic heterocycles. The van der Waals surface area contributed by atoms with E-state index in [1.165, 1.54) is 19.3 Å². The SMILES string of the molecule is COc1ccccc1-c1nc(CC(=O)NCC(C)N2CCCCC2)c(C)o1. The fourth-order valence-corrected chi connectivity index (χ4v) is 3.49. The van der Waals surface area contributed by atoms with Crippen LogP contribution >= 0.6 is 0 Å². The molecule has 1 saturated heterocycles. The first-order valence-corrected chi connectivity index (χ1v) is 9.69. The number of rotatable bonds is 7. The van der Waals surface area contributed by atoms with E-state index in [0.29, 0.717) is 35.7 Å². The van der Waals surface area contributed by atoms with Gasteiger partial charge in [0.05, 0.1) is 24.8 Å². The Morgan fingerprint density at radius 1 is 1.30 bits per heavy atom. The number of ether oxygens (including phenoxy) is 1. The van der Waals surface area contributed by atoms with Crippen molar-refractivity contribution >= 4 is 5.91 Å². The van der Waals surface area contributed by atoms with E-state index in [-0.39, 0.29) is 12.3 Å². The molecule has 0 radical (unpaired) electrons. The lowest BCUT2D eigenvalue weighted by Crippen LogP contribution is -2.44. The minimum absolute atomic E-state index is 0.0261. The van der Waals surface area contributed by atoms with Gasteiger partial charge in [0.1, 0.15) is 11.5 Å². The molecule has 0 saturated carbocycles. The van der Waals surface area contributed by atoms with Gasteiger partial charge in [-0.2, -0.15) is 0 Å². The van der Waals surface area contributed by atoms with Crippen LogP contribution in [-0.4, -0.2) is 48.6 Å². The van der Waals surface area contributed by atoms with Gasteiger partial charge in [-0.1, -0.05) is 18.6 Å². The number of carbonyl (C=O) groups excluding carboxylic acids is 1. The van der Waals surface area contributed by atoms with E-state index in [4.69, 9.17) is 9.15 Å². The first-order valence-electron chi connectivity index (χ1n) is 9.69. The standard InChI is InChI=1S/C21H29N3O3/c1-15(24-11-7-4-8-12-24)14-22-20(25)13-18-16(2)27-21(23-18)17-9-5-6-10-19(17)26-3/h5-6,9-10,15H,4,7-8,11-14H2,1-3H3,(H,22,25). The molecule has 1 N–H and O–H groups in total. The Hall–Kier alpha value is -2.34.